The fourth-order valence-electron chi connectivity index (χ4n) is 2.32. The molecule has 0 atom stereocenters. The lowest BCUT2D eigenvalue weighted by Crippen LogP contribution is -2.16. The van der Waals surface area contributed by atoms with Crippen LogP contribution in [0.2, 0.25) is 0 Å². The molecule has 0 spiro atoms. The van der Waals surface area contributed by atoms with E-state index in [-0.39, 0.29) is 18.2 Å². The third-order valence-corrected chi connectivity index (χ3v) is 3.40. The molecule has 0 saturated heterocycles. The van der Waals surface area contributed by atoms with Crippen LogP contribution in [0.5, 0.6) is 0 Å². The highest BCUT2D eigenvalue weighted by molar-refractivity contribution is 6.38. The van der Waals surface area contributed by atoms with E-state index in [1.54, 1.807) is 48.5 Å². The van der Waals surface area contributed by atoms with Gasteiger partial charge in [-0.25, -0.2) is 0 Å². The van der Waals surface area contributed by atoms with Crippen LogP contribution in [-0.2, 0) is 6.61 Å². The van der Waals surface area contributed by atoms with E-state index < -0.39 is 0 Å². The molecule has 3 rings (SSSR count). The van der Waals surface area contributed by atoms with Gasteiger partial charge in [0.05, 0.1) is 6.61 Å². The molecule has 0 amide bonds. The highest BCUT2D eigenvalue weighted by Gasteiger charge is 2.25. The summed E-state index contributed by atoms with van der Waals surface area (Å²) in [4.78, 5) is 24.5. The maximum absolute atomic E-state index is 12.4. The topological polar surface area (TPSA) is 54.4 Å². The van der Waals surface area contributed by atoms with Crippen LogP contribution in [-0.4, -0.2) is 16.7 Å². The van der Waals surface area contributed by atoms with E-state index >= 15 is 0 Å². The Morgan fingerprint density at radius 1 is 0.850 bits per heavy atom. The number of rotatable bonds is 2. The molecule has 0 heterocycles. The molecule has 0 saturated carbocycles. The highest BCUT2D eigenvalue weighted by Crippen LogP contribution is 2.27. The normalized spacial score (nSPS) is 13.9. The maximum Gasteiger partial charge on any atom is 0.194 e. The smallest absolute Gasteiger partial charge is 0.194 e. The lowest BCUT2D eigenvalue weighted by molar-refractivity contribution is 0.100. The number of allylic oxidation sites excluding steroid dienone is 2. The first-order valence-electron chi connectivity index (χ1n) is 6.30. The molecule has 0 radical (unpaired) electrons. The van der Waals surface area contributed by atoms with Gasteiger partial charge in [-0.2, -0.15) is 0 Å². The minimum atomic E-state index is -0.151. The zero-order chi connectivity index (χ0) is 14.1. The van der Waals surface area contributed by atoms with E-state index in [9.17, 15) is 9.59 Å². The molecule has 3 heteroatoms. The summed E-state index contributed by atoms with van der Waals surface area (Å²) in [6.07, 6.45) is 1.39. The number of aliphatic hydroxyl groups is 1. The Morgan fingerprint density at radius 3 is 2.15 bits per heavy atom. The second-order valence-corrected chi connectivity index (χ2v) is 4.65. The van der Waals surface area contributed by atoms with Crippen molar-refractivity contribution >= 4 is 17.1 Å². The summed E-state index contributed by atoms with van der Waals surface area (Å²) in [6, 6.07) is 13.8. The Morgan fingerprint density at radius 2 is 1.50 bits per heavy atom. The number of carbonyl (C=O) groups excluding carboxylic acids is 2. The van der Waals surface area contributed by atoms with Gasteiger partial charge in [0.15, 0.2) is 11.6 Å². The van der Waals surface area contributed by atoms with E-state index in [2.05, 4.69) is 0 Å². The SMILES string of the molecule is O=C1C=C(c2ccc(CO)cc2)C(=O)c2ccccc21. The number of Topliss-reactive ketones (excluding diaryl/α,β-unsaturated/α-hetero) is 1. The van der Waals surface area contributed by atoms with Crippen molar-refractivity contribution in [2.75, 3.05) is 0 Å². The van der Waals surface area contributed by atoms with E-state index in [4.69, 9.17) is 5.11 Å². The molecular weight excluding hydrogens is 252 g/mol. The predicted molar refractivity (Wildman–Crippen MR) is 75.4 cm³/mol. The Labute approximate surface area is 116 Å². The van der Waals surface area contributed by atoms with Crippen LogP contribution in [0, 0.1) is 0 Å². The molecule has 0 bridgehead atoms. The van der Waals surface area contributed by atoms with E-state index in [0.717, 1.165) is 5.56 Å². The van der Waals surface area contributed by atoms with Crippen molar-refractivity contribution in [2.45, 2.75) is 6.61 Å². The van der Waals surface area contributed by atoms with Crippen LogP contribution in [0.15, 0.2) is 54.6 Å². The lowest BCUT2D eigenvalue weighted by Gasteiger charge is -2.15. The molecule has 2 aromatic rings. The van der Waals surface area contributed by atoms with Gasteiger partial charge in [0.25, 0.3) is 0 Å². The highest BCUT2D eigenvalue weighted by atomic mass is 16.3. The Hall–Kier alpha value is -2.52. The van der Waals surface area contributed by atoms with Gasteiger partial charge >= 0.3 is 0 Å². The van der Waals surface area contributed by atoms with Crippen molar-refractivity contribution in [1.29, 1.82) is 0 Å². The third-order valence-electron chi connectivity index (χ3n) is 3.40. The monoisotopic (exact) mass is 264 g/mol. The van der Waals surface area contributed by atoms with Gasteiger partial charge in [0.2, 0.25) is 0 Å². The fourth-order valence-corrected chi connectivity index (χ4v) is 2.32. The van der Waals surface area contributed by atoms with Gasteiger partial charge in [-0.3, -0.25) is 9.59 Å². The Balaban J connectivity index is 2.07. The second kappa shape index (κ2) is 4.87. The van der Waals surface area contributed by atoms with Crippen molar-refractivity contribution in [1.82, 2.24) is 0 Å². The minimum absolute atomic E-state index is 0.0466. The van der Waals surface area contributed by atoms with Crippen LogP contribution in [0.3, 0.4) is 0 Å². The van der Waals surface area contributed by atoms with Gasteiger partial charge in [0, 0.05) is 16.7 Å². The summed E-state index contributed by atoms with van der Waals surface area (Å²) in [5, 5.41) is 9.03. The molecule has 3 nitrogen and oxygen atoms in total. The molecule has 1 aliphatic rings. The van der Waals surface area contributed by atoms with Crippen LogP contribution in [0.1, 0.15) is 31.8 Å². The maximum atomic E-state index is 12.4. The van der Waals surface area contributed by atoms with Crippen molar-refractivity contribution in [2.24, 2.45) is 0 Å². The average Bonchev–Trinajstić information content (AvgIpc) is 2.51. The van der Waals surface area contributed by atoms with Crippen LogP contribution >= 0.6 is 0 Å². The van der Waals surface area contributed by atoms with Crippen LogP contribution in [0.4, 0.5) is 0 Å². The van der Waals surface area contributed by atoms with E-state index in [1.807, 2.05) is 0 Å². The fraction of sp³-hybridized carbons (Fsp3) is 0.0588. The molecule has 0 aromatic heterocycles. The zero-order valence-corrected chi connectivity index (χ0v) is 10.7. The zero-order valence-electron chi connectivity index (χ0n) is 10.7. The Bertz CT molecular complexity index is 724. The van der Waals surface area contributed by atoms with Gasteiger partial charge in [0.1, 0.15) is 0 Å². The molecule has 0 unspecified atom stereocenters. The second-order valence-electron chi connectivity index (χ2n) is 4.65. The number of hydrogen-bond acceptors (Lipinski definition) is 3. The first kappa shape index (κ1) is 12.5. The summed E-state index contributed by atoms with van der Waals surface area (Å²) >= 11 is 0. The molecule has 98 valence electrons. The van der Waals surface area contributed by atoms with Crippen LogP contribution < -0.4 is 0 Å². The predicted octanol–water partition coefficient (Wildman–Crippen LogP) is 2.64. The summed E-state index contributed by atoms with van der Waals surface area (Å²) in [5.74, 6) is -0.293. The summed E-state index contributed by atoms with van der Waals surface area (Å²) in [6.45, 7) is -0.0466. The van der Waals surface area contributed by atoms with Crippen molar-refractivity contribution in [3.8, 4) is 0 Å². The lowest BCUT2D eigenvalue weighted by atomic mass is 9.86. The average molecular weight is 264 g/mol. The van der Waals surface area contributed by atoms with Gasteiger partial charge in [-0.15, -0.1) is 0 Å². The van der Waals surface area contributed by atoms with E-state index in [1.165, 1.54) is 6.08 Å². The molecule has 0 aliphatic heterocycles. The number of ketones is 2. The molecule has 20 heavy (non-hydrogen) atoms. The molecule has 0 fully saturated rings. The summed E-state index contributed by atoms with van der Waals surface area (Å²) < 4.78 is 0. The van der Waals surface area contributed by atoms with Crippen molar-refractivity contribution in [3.63, 3.8) is 0 Å². The standard InChI is InChI=1S/C17H12O3/c18-10-11-5-7-12(8-6-11)15-9-16(19)13-3-1-2-4-14(13)17(15)20/h1-9,18H,10H2. The van der Waals surface area contributed by atoms with Crippen molar-refractivity contribution < 1.29 is 14.7 Å². The van der Waals surface area contributed by atoms with Gasteiger partial charge in [-0.05, 0) is 17.2 Å². The number of aliphatic hydroxyl groups excluding tert-OH is 1. The molecular formula is C17H12O3. The molecule has 1 N–H and O–H groups in total. The Kier molecular flexibility index (Phi) is 3.05. The largest absolute Gasteiger partial charge is 0.392 e. The van der Waals surface area contributed by atoms with Crippen LogP contribution in [0.25, 0.3) is 5.57 Å². The molecule has 2 aromatic carbocycles. The summed E-state index contributed by atoms with van der Waals surface area (Å²) in [5.41, 5.74) is 2.76. The number of fused-ring (bicyclic) bond motifs is 1. The first-order chi connectivity index (χ1) is 9.70. The third kappa shape index (κ3) is 1.98. The minimum Gasteiger partial charge on any atom is -0.392 e. The molecule has 1 aliphatic carbocycles. The number of carbonyl (C=O) groups is 2. The quantitative estimate of drug-likeness (QED) is 0.907. The number of hydrogen-bond donors (Lipinski definition) is 1. The first-order valence-corrected chi connectivity index (χ1v) is 6.30. The number of benzene rings is 2. The van der Waals surface area contributed by atoms with E-state index in [0.29, 0.717) is 22.3 Å². The van der Waals surface area contributed by atoms with Crippen molar-refractivity contribution in [3.05, 3.63) is 76.9 Å². The summed E-state index contributed by atoms with van der Waals surface area (Å²) in [7, 11) is 0. The van der Waals surface area contributed by atoms with Gasteiger partial charge in [-0.1, -0.05) is 48.5 Å². The van der Waals surface area contributed by atoms with Gasteiger partial charge < -0.3 is 5.11 Å².